The van der Waals surface area contributed by atoms with E-state index in [0.29, 0.717) is 17.1 Å². The van der Waals surface area contributed by atoms with Crippen molar-refractivity contribution in [3.63, 3.8) is 0 Å². The molecule has 0 aliphatic carbocycles. The first-order chi connectivity index (χ1) is 16.4. The van der Waals surface area contributed by atoms with Gasteiger partial charge >= 0.3 is 0 Å². The minimum atomic E-state index is -0.903. The molecule has 9 heteroatoms. The van der Waals surface area contributed by atoms with Crippen molar-refractivity contribution in [1.29, 1.82) is 0 Å². The van der Waals surface area contributed by atoms with Gasteiger partial charge in [-0.2, -0.15) is 0 Å². The Labute approximate surface area is 198 Å². The number of nitrogens with one attached hydrogen (secondary N) is 1. The van der Waals surface area contributed by atoms with E-state index in [2.05, 4.69) is 5.32 Å². The molecule has 0 saturated carbocycles. The van der Waals surface area contributed by atoms with E-state index in [4.69, 9.17) is 28.4 Å². The Bertz CT molecular complexity index is 967. The zero-order valence-corrected chi connectivity index (χ0v) is 19.6. The smallest absolute Gasteiger partial charge is 0.251 e. The quantitative estimate of drug-likeness (QED) is 0.507. The second-order valence-electron chi connectivity index (χ2n) is 8.65. The molecule has 2 aromatic rings. The molecule has 1 saturated heterocycles. The van der Waals surface area contributed by atoms with Crippen LogP contribution in [0, 0.1) is 0 Å². The molecule has 2 aromatic carbocycles. The van der Waals surface area contributed by atoms with Crippen molar-refractivity contribution >= 4 is 5.91 Å². The highest BCUT2D eigenvalue weighted by molar-refractivity contribution is 5.94. The lowest BCUT2D eigenvalue weighted by molar-refractivity contribution is -0.173. The third-order valence-electron chi connectivity index (χ3n) is 5.84. The Morgan fingerprint density at radius 2 is 1.91 bits per heavy atom. The van der Waals surface area contributed by atoms with Gasteiger partial charge in [0.1, 0.15) is 19.0 Å². The highest BCUT2D eigenvalue weighted by Gasteiger charge is 2.48. The van der Waals surface area contributed by atoms with Crippen molar-refractivity contribution in [3.8, 4) is 11.5 Å². The molecule has 1 fully saturated rings. The predicted molar refractivity (Wildman–Crippen MR) is 122 cm³/mol. The topological polar surface area (TPSA) is 105 Å². The minimum absolute atomic E-state index is 0.00319. The summed E-state index contributed by atoms with van der Waals surface area (Å²) in [5.41, 5.74) is 1.40. The second-order valence-corrected chi connectivity index (χ2v) is 8.65. The number of aliphatic hydroxyl groups excluding tert-OH is 1. The Morgan fingerprint density at radius 1 is 1.15 bits per heavy atom. The molecule has 4 atom stereocenters. The Morgan fingerprint density at radius 3 is 2.65 bits per heavy atom. The number of hydrogen-bond donors (Lipinski definition) is 2. The number of aliphatic hydroxyl groups is 1. The van der Waals surface area contributed by atoms with Crippen LogP contribution in [-0.2, 0) is 18.9 Å². The average molecular weight is 474 g/mol. The largest absolute Gasteiger partial charge is 0.454 e. The normalized spacial score (nSPS) is 22.4. The number of rotatable bonds is 10. The molecule has 2 aliphatic heterocycles. The molecule has 184 valence electrons. The summed E-state index contributed by atoms with van der Waals surface area (Å²) in [5, 5.41) is 13.0. The summed E-state index contributed by atoms with van der Waals surface area (Å²) in [5.74, 6) is -0.224. The maximum Gasteiger partial charge on any atom is 0.251 e. The van der Waals surface area contributed by atoms with Gasteiger partial charge in [-0.15, -0.1) is 0 Å². The van der Waals surface area contributed by atoms with Crippen LogP contribution in [0.3, 0.4) is 0 Å². The fourth-order valence-corrected chi connectivity index (χ4v) is 4.33. The third kappa shape index (κ3) is 5.51. The van der Waals surface area contributed by atoms with E-state index in [-0.39, 0.29) is 38.6 Å². The number of fused-ring (bicyclic) bond motifs is 1. The molecule has 0 radical (unpaired) electrons. The molecule has 2 heterocycles. The summed E-state index contributed by atoms with van der Waals surface area (Å²) in [6.45, 7) is 3.71. The number of methoxy groups -OCH3 is 1. The molecular formula is C25H31NO8. The molecule has 1 amide bonds. The number of benzene rings is 2. The average Bonchev–Trinajstić information content (AvgIpc) is 3.44. The van der Waals surface area contributed by atoms with Crippen molar-refractivity contribution in [1.82, 2.24) is 5.32 Å². The van der Waals surface area contributed by atoms with Gasteiger partial charge in [0.25, 0.3) is 5.91 Å². The lowest BCUT2D eigenvalue weighted by atomic mass is 9.87. The molecule has 0 unspecified atom stereocenters. The Kier molecular flexibility index (Phi) is 7.70. The van der Waals surface area contributed by atoms with Crippen LogP contribution in [0.5, 0.6) is 11.5 Å². The molecule has 34 heavy (non-hydrogen) atoms. The Hall–Kier alpha value is -2.69. The van der Waals surface area contributed by atoms with Crippen LogP contribution in [0.15, 0.2) is 48.5 Å². The summed E-state index contributed by atoms with van der Waals surface area (Å²) < 4.78 is 34.4. The summed E-state index contributed by atoms with van der Waals surface area (Å²) >= 11 is 0. The second kappa shape index (κ2) is 10.7. The fourth-order valence-electron chi connectivity index (χ4n) is 4.33. The highest BCUT2D eigenvalue weighted by Crippen LogP contribution is 2.39. The van der Waals surface area contributed by atoms with E-state index in [1.807, 2.05) is 36.4 Å². The molecule has 4 rings (SSSR count). The van der Waals surface area contributed by atoms with Crippen LogP contribution >= 0.6 is 0 Å². The number of amides is 1. The summed E-state index contributed by atoms with van der Waals surface area (Å²) in [7, 11) is 1.53. The van der Waals surface area contributed by atoms with Gasteiger partial charge < -0.3 is 38.8 Å². The number of carbonyl (C=O) groups excluding carboxylic acids is 1. The van der Waals surface area contributed by atoms with Crippen LogP contribution in [0.2, 0.25) is 0 Å². The van der Waals surface area contributed by atoms with Gasteiger partial charge in [0.2, 0.25) is 6.79 Å². The molecule has 9 nitrogen and oxygen atoms in total. The summed E-state index contributed by atoms with van der Waals surface area (Å²) in [4.78, 5) is 12.8. The molecule has 0 spiro atoms. The standard InChI is InChI=1S/C25H31NO8/c1-25(2)33-21(13-27)23(34-25)22(32-14-29-3)18(12-26-24(28)16-7-5-4-6-8-16)17-9-10-19-20(11-17)31-15-30-19/h4-11,18,21-23,27H,12-15H2,1-3H3,(H,26,28)/t18-,21-,22+,23+/m0/s1. The number of hydrogen-bond acceptors (Lipinski definition) is 8. The summed E-state index contributed by atoms with van der Waals surface area (Å²) in [6.07, 6.45) is -1.84. The minimum Gasteiger partial charge on any atom is -0.454 e. The van der Waals surface area contributed by atoms with E-state index in [1.54, 1.807) is 26.0 Å². The van der Waals surface area contributed by atoms with Crippen LogP contribution in [0.25, 0.3) is 0 Å². The first-order valence-corrected chi connectivity index (χ1v) is 11.2. The van der Waals surface area contributed by atoms with Gasteiger partial charge in [0, 0.05) is 25.1 Å². The first-order valence-electron chi connectivity index (χ1n) is 11.2. The fraction of sp³-hybridized carbons (Fsp3) is 0.480. The lowest BCUT2D eigenvalue weighted by Gasteiger charge is -2.33. The molecule has 2 N–H and O–H groups in total. The van der Waals surface area contributed by atoms with Crippen molar-refractivity contribution < 1.29 is 38.3 Å². The van der Waals surface area contributed by atoms with Crippen molar-refractivity contribution in [2.24, 2.45) is 0 Å². The van der Waals surface area contributed by atoms with Gasteiger partial charge in [-0.1, -0.05) is 24.3 Å². The Balaban J connectivity index is 1.65. The maximum absolute atomic E-state index is 12.8. The van der Waals surface area contributed by atoms with Gasteiger partial charge in [-0.05, 0) is 43.7 Å². The van der Waals surface area contributed by atoms with Crippen molar-refractivity contribution in [2.45, 2.75) is 43.9 Å². The van der Waals surface area contributed by atoms with Crippen LogP contribution in [0.1, 0.15) is 35.7 Å². The first kappa shape index (κ1) is 24.4. The highest BCUT2D eigenvalue weighted by atomic mass is 16.8. The SMILES string of the molecule is COCO[C@@H]([C@@H]1OC(C)(C)O[C@H]1CO)[C@@H](CNC(=O)c1ccccc1)c1ccc2c(c1)OCO2. The van der Waals surface area contributed by atoms with E-state index >= 15 is 0 Å². The van der Waals surface area contributed by atoms with E-state index in [0.717, 1.165) is 5.56 Å². The monoisotopic (exact) mass is 473 g/mol. The van der Waals surface area contributed by atoms with E-state index in [9.17, 15) is 9.90 Å². The summed E-state index contributed by atoms with van der Waals surface area (Å²) in [6, 6.07) is 14.6. The molecular weight excluding hydrogens is 442 g/mol. The predicted octanol–water partition coefficient (Wildman–Crippen LogP) is 2.43. The van der Waals surface area contributed by atoms with Crippen molar-refractivity contribution in [3.05, 3.63) is 59.7 Å². The van der Waals surface area contributed by atoms with Crippen LogP contribution < -0.4 is 14.8 Å². The zero-order chi connectivity index (χ0) is 24.1. The number of carbonyl (C=O) groups is 1. The lowest BCUT2D eigenvalue weighted by Crippen LogP contribution is -2.46. The van der Waals surface area contributed by atoms with Crippen molar-refractivity contribution in [2.75, 3.05) is 33.8 Å². The van der Waals surface area contributed by atoms with E-state index < -0.39 is 24.1 Å². The van der Waals surface area contributed by atoms with Gasteiger partial charge in [-0.25, -0.2) is 0 Å². The zero-order valence-electron chi connectivity index (χ0n) is 19.6. The number of ether oxygens (including phenoxy) is 6. The van der Waals surface area contributed by atoms with Crippen LogP contribution in [0.4, 0.5) is 0 Å². The maximum atomic E-state index is 12.8. The van der Waals surface area contributed by atoms with Crippen LogP contribution in [-0.4, -0.2) is 69.0 Å². The molecule has 0 bridgehead atoms. The van der Waals surface area contributed by atoms with Gasteiger partial charge in [-0.3, -0.25) is 4.79 Å². The van der Waals surface area contributed by atoms with Gasteiger partial charge in [0.05, 0.1) is 12.7 Å². The third-order valence-corrected chi connectivity index (χ3v) is 5.84. The molecule has 2 aliphatic rings. The van der Waals surface area contributed by atoms with E-state index in [1.165, 1.54) is 7.11 Å². The molecule has 0 aromatic heterocycles. The van der Waals surface area contributed by atoms with Gasteiger partial charge in [0.15, 0.2) is 17.3 Å².